The highest BCUT2D eigenvalue weighted by Gasteiger charge is 2.11. The fourth-order valence-corrected chi connectivity index (χ4v) is 3.17. The molecule has 90 valence electrons. The van der Waals surface area contributed by atoms with Crippen molar-refractivity contribution in [1.29, 1.82) is 0 Å². The average Bonchev–Trinajstić information content (AvgIpc) is 2.78. The van der Waals surface area contributed by atoms with Crippen LogP contribution in [0.15, 0.2) is 20.9 Å². The number of thiazole rings is 1. The van der Waals surface area contributed by atoms with Crippen LogP contribution in [0.25, 0.3) is 0 Å². The molecule has 2 heterocycles. The molecular weight excluding hydrogens is 274 g/mol. The maximum absolute atomic E-state index is 6.11. The molecule has 0 aliphatic carbocycles. The highest BCUT2D eigenvalue weighted by atomic mass is 35.5. The lowest BCUT2D eigenvalue weighted by atomic mass is 10.3. The lowest BCUT2D eigenvalue weighted by Crippen LogP contribution is -1.99. The van der Waals surface area contributed by atoms with Gasteiger partial charge < -0.3 is 0 Å². The molecular formula is C11H12ClN3S2. The second kappa shape index (κ2) is 5.80. The van der Waals surface area contributed by atoms with Crippen molar-refractivity contribution in [1.82, 2.24) is 15.0 Å². The minimum atomic E-state index is 0.544. The Morgan fingerprint density at radius 1 is 1.41 bits per heavy atom. The van der Waals surface area contributed by atoms with E-state index < -0.39 is 0 Å². The molecule has 0 aliphatic heterocycles. The standard InChI is InChI=1S/C11H12ClN3S2/c1-3-4-8-14-9(12)7(2)10(15-8)17-11-13-5-6-16-11/h5-6H,3-4H2,1-2H3. The zero-order valence-corrected chi connectivity index (χ0v) is 12.0. The van der Waals surface area contributed by atoms with Crippen molar-refractivity contribution in [2.75, 3.05) is 0 Å². The van der Waals surface area contributed by atoms with Gasteiger partial charge in [0.05, 0.1) is 0 Å². The number of hydrogen-bond acceptors (Lipinski definition) is 5. The summed E-state index contributed by atoms with van der Waals surface area (Å²) in [6, 6.07) is 0. The first kappa shape index (κ1) is 12.8. The van der Waals surface area contributed by atoms with Crippen molar-refractivity contribution in [3.63, 3.8) is 0 Å². The summed E-state index contributed by atoms with van der Waals surface area (Å²) in [7, 11) is 0. The SMILES string of the molecule is CCCc1nc(Cl)c(C)c(Sc2nccs2)n1. The molecule has 0 N–H and O–H groups in total. The molecule has 0 saturated heterocycles. The minimum absolute atomic E-state index is 0.544. The minimum Gasteiger partial charge on any atom is -0.238 e. The number of halogens is 1. The summed E-state index contributed by atoms with van der Waals surface area (Å²) >= 11 is 9.26. The predicted octanol–water partition coefficient (Wildman–Crippen LogP) is 4.00. The van der Waals surface area contributed by atoms with Gasteiger partial charge in [0.1, 0.15) is 16.0 Å². The Hall–Kier alpha value is -0.650. The van der Waals surface area contributed by atoms with Crippen LogP contribution in [0, 0.1) is 6.92 Å². The van der Waals surface area contributed by atoms with Crippen LogP contribution in [0.4, 0.5) is 0 Å². The summed E-state index contributed by atoms with van der Waals surface area (Å²) < 4.78 is 0.977. The van der Waals surface area contributed by atoms with Gasteiger partial charge in [-0.3, -0.25) is 0 Å². The Labute approximate surface area is 114 Å². The molecule has 17 heavy (non-hydrogen) atoms. The molecule has 0 radical (unpaired) electrons. The molecule has 2 aromatic rings. The van der Waals surface area contributed by atoms with Gasteiger partial charge >= 0.3 is 0 Å². The molecule has 0 saturated carbocycles. The van der Waals surface area contributed by atoms with Crippen molar-refractivity contribution in [3.05, 3.63) is 28.1 Å². The van der Waals surface area contributed by atoms with E-state index in [2.05, 4.69) is 21.9 Å². The summed E-state index contributed by atoms with van der Waals surface area (Å²) in [6.07, 6.45) is 3.66. The first-order valence-corrected chi connectivity index (χ1v) is 7.38. The number of rotatable bonds is 4. The summed E-state index contributed by atoms with van der Waals surface area (Å²) in [4.78, 5) is 13.0. The second-order valence-electron chi connectivity index (χ2n) is 3.51. The summed E-state index contributed by atoms with van der Waals surface area (Å²) in [5, 5.41) is 3.40. The summed E-state index contributed by atoms with van der Waals surface area (Å²) in [6.45, 7) is 4.04. The van der Waals surface area contributed by atoms with Crippen molar-refractivity contribution >= 4 is 34.7 Å². The smallest absolute Gasteiger partial charge is 0.156 e. The molecule has 0 unspecified atom stereocenters. The zero-order chi connectivity index (χ0) is 12.3. The van der Waals surface area contributed by atoms with Crippen molar-refractivity contribution in [3.8, 4) is 0 Å². The van der Waals surface area contributed by atoms with Gasteiger partial charge in [-0.1, -0.05) is 18.5 Å². The Bertz CT molecular complexity index is 500. The maximum Gasteiger partial charge on any atom is 0.156 e. The molecule has 2 rings (SSSR count). The van der Waals surface area contributed by atoms with E-state index in [1.807, 2.05) is 12.3 Å². The topological polar surface area (TPSA) is 38.7 Å². The summed E-state index contributed by atoms with van der Waals surface area (Å²) in [5.74, 6) is 0.808. The van der Waals surface area contributed by atoms with Gasteiger partial charge in [-0.15, -0.1) is 11.3 Å². The summed E-state index contributed by atoms with van der Waals surface area (Å²) in [5.41, 5.74) is 0.923. The molecule has 2 aromatic heterocycles. The Kier molecular flexibility index (Phi) is 4.36. The third kappa shape index (κ3) is 3.18. The molecule has 0 atom stereocenters. The van der Waals surface area contributed by atoms with Gasteiger partial charge in [0, 0.05) is 23.6 Å². The number of hydrogen-bond donors (Lipinski definition) is 0. The van der Waals surface area contributed by atoms with Crippen LogP contribution in [0.2, 0.25) is 5.15 Å². The first-order chi connectivity index (χ1) is 8.20. The first-order valence-electron chi connectivity index (χ1n) is 5.31. The Morgan fingerprint density at radius 3 is 2.88 bits per heavy atom. The van der Waals surface area contributed by atoms with Crippen LogP contribution in [0.5, 0.6) is 0 Å². The van der Waals surface area contributed by atoms with E-state index in [1.165, 1.54) is 0 Å². The van der Waals surface area contributed by atoms with E-state index in [-0.39, 0.29) is 0 Å². The van der Waals surface area contributed by atoms with Gasteiger partial charge in [0.2, 0.25) is 0 Å². The molecule has 0 spiro atoms. The monoisotopic (exact) mass is 285 g/mol. The molecule has 3 nitrogen and oxygen atoms in total. The maximum atomic E-state index is 6.11. The molecule has 0 amide bonds. The Morgan fingerprint density at radius 2 is 2.24 bits per heavy atom. The van der Waals surface area contributed by atoms with E-state index in [0.29, 0.717) is 5.15 Å². The third-order valence-electron chi connectivity index (χ3n) is 2.16. The quantitative estimate of drug-likeness (QED) is 0.796. The van der Waals surface area contributed by atoms with E-state index in [1.54, 1.807) is 29.3 Å². The molecule has 0 aliphatic rings. The number of nitrogens with zero attached hydrogens (tertiary/aromatic N) is 3. The highest BCUT2D eigenvalue weighted by molar-refractivity contribution is 8.01. The zero-order valence-electron chi connectivity index (χ0n) is 9.61. The normalized spacial score (nSPS) is 10.8. The number of aromatic nitrogens is 3. The lowest BCUT2D eigenvalue weighted by Gasteiger charge is -2.06. The molecule has 6 heteroatoms. The van der Waals surface area contributed by atoms with Crippen molar-refractivity contribution < 1.29 is 0 Å². The largest absolute Gasteiger partial charge is 0.238 e. The average molecular weight is 286 g/mol. The fourth-order valence-electron chi connectivity index (χ4n) is 1.29. The van der Waals surface area contributed by atoms with Gasteiger partial charge in [-0.05, 0) is 25.1 Å². The number of aryl methyl sites for hydroxylation is 1. The van der Waals surface area contributed by atoms with Crippen LogP contribution in [0.3, 0.4) is 0 Å². The molecule has 0 aromatic carbocycles. The highest BCUT2D eigenvalue weighted by Crippen LogP contribution is 2.32. The van der Waals surface area contributed by atoms with Crippen LogP contribution in [-0.2, 0) is 6.42 Å². The van der Waals surface area contributed by atoms with Gasteiger partial charge in [0.15, 0.2) is 4.34 Å². The van der Waals surface area contributed by atoms with Gasteiger partial charge in [-0.25, -0.2) is 15.0 Å². The molecule has 0 bridgehead atoms. The van der Waals surface area contributed by atoms with Crippen LogP contribution < -0.4 is 0 Å². The van der Waals surface area contributed by atoms with E-state index in [4.69, 9.17) is 11.6 Å². The van der Waals surface area contributed by atoms with Gasteiger partial charge in [0.25, 0.3) is 0 Å². The van der Waals surface area contributed by atoms with Gasteiger partial charge in [-0.2, -0.15) is 0 Å². The van der Waals surface area contributed by atoms with E-state index >= 15 is 0 Å². The predicted molar refractivity (Wildman–Crippen MR) is 72.0 cm³/mol. The third-order valence-corrected chi connectivity index (χ3v) is 4.50. The van der Waals surface area contributed by atoms with Crippen molar-refractivity contribution in [2.45, 2.75) is 36.1 Å². The van der Waals surface area contributed by atoms with E-state index in [9.17, 15) is 0 Å². The van der Waals surface area contributed by atoms with Crippen LogP contribution in [0.1, 0.15) is 24.7 Å². The second-order valence-corrected chi connectivity index (χ2v) is 6.00. The molecule has 0 fully saturated rings. The lowest BCUT2D eigenvalue weighted by molar-refractivity contribution is 0.801. The fraction of sp³-hybridized carbons (Fsp3) is 0.364. The van der Waals surface area contributed by atoms with E-state index in [0.717, 1.165) is 33.6 Å². The van der Waals surface area contributed by atoms with Crippen LogP contribution >= 0.6 is 34.7 Å². The Balaban J connectivity index is 2.31. The van der Waals surface area contributed by atoms with Crippen LogP contribution in [-0.4, -0.2) is 15.0 Å². The van der Waals surface area contributed by atoms with Crippen molar-refractivity contribution in [2.24, 2.45) is 0 Å².